The molecule has 0 unspecified atom stereocenters. The van der Waals surface area contributed by atoms with Crippen molar-refractivity contribution in [1.29, 1.82) is 0 Å². The van der Waals surface area contributed by atoms with E-state index in [-0.39, 0.29) is 6.61 Å². The molecule has 0 bridgehead atoms. The Hall–Kier alpha value is -1.27. The predicted octanol–water partition coefficient (Wildman–Crippen LogP) is 0.190. The minimum atomic E-state index is -4.02. The molecule has 0 amide bonds. The summed E-state index contributed by atoms with van der Waals surface area (Å²) in [5, 5.41) is 0. The molecule has 0 aromatic rings. The molecule has 8 heteroatoms. The quantitative estimate of drug-likeness (QED) is 0.274. The Morgan fingerprint density at radius 2 is 2.25 bits per heavy atom. The molecule has 0 fully saturated rings. The van der Waals surface area contributed by atoms with Crippen molar-refractivity contribution in [3.8, 4) is 0 Å². The SMILES string of the molecule is CCOC(=O)CS(=O)(=O)N=[N+]=[N-]. The summed E-state index contributed by atoms with van der Waals surface area (Å²) in [6.07, 6.45) is 0. The van der Waals surface area contributed by atoms with E-state index in [4.69, 9.17) is 5.53 Å². The van der Waals surface area contributed by atoms with Crippen LogP contribution in [-0.2, 0) is 19.6 Å². The minimum Gasteiger partial charge on any atom is -0.465 e. The van der Waals surface area contributed by atoms with Gasteiger partial charge < -0.3 is 4.74 Å². The second-order valence-electron chi connectivity index (χ2n) is 1.70. The minimum absolute atomic E-state index is 0.0879. The van der Waals surface area contributed by atoms with Gasteiger partial charge in [0.05, 0.1) is 6.61 Å². The maximum Gasteiger partial charge on any atom is 0.321 e. The smallest absolute Gasteiger partial charge is 0.321 e. The van der Waals surface area contributed by atoms with Gasteiger partial charge in [0.1, 0.15) is 0 Å². The Morgan fingerprint density at radius 1 is 1.67 bits per heavy atom. The Kier molecular flexibility index (Phi) is 4.09. The second kappa shape index (κ2) is 4.58. The molecule has 0 heterocycles. The number of carbonyl (C=O) groups excluding carboxylic acids is 1. The molecular formula is C4H7N3O4S. The summed E-state index contributed by atoms with van der Waals surface area (Å²) in [6, 6.07) is 0. The van der Waals surface area contributed by atoms with Gasteiger partial charge in [-0.15, -0.1) is 0 Å². The van der Waals surface area contributed by atoms with Crippen LogP contribution in [0.2, 0.25) is 0 Å². The number of azide groups is 1. The van der Waals surface area contributed by atoms with E-state index in [1.165, 1.54) is 6.92 Å². The molecule has 0 aromatic carbocycles. The lowest BCUT2D eigenvalue weighted by atomic mass is 10.8. The van der Waals surface area contributed by atoms with Gasteiger partial charge in [0.2, 0.25) is 10.0 Å². The monoisotopic (exact) mass is 193 g/mol. The largest absolute Gasteiger partial charge is 0.465 e. The van der Waals surface area contributed by atoms with Crippen molar-refractivity contribution in [3.05, 3.63) is 10.4 Å². The van der Waals surface area contributed by atoms with Crippen LogP contribution in [0.15, 0.2) is 4.52 Å². The van der Waals surface area contributed by atoms with Gasteiger partial charge in [-0.1, -0.05) is 0 Å². The summed E-state index contributed by atoms with van der Waals surface area (Å²) in [7, 11) is -4.02. The highest BCUT2D eigenvalue weighted by molar-refractivity contribution is 7.90. The van der Waals surface area contributed by atoms with Crippen molar-refractivity contribution in [2.24, 2.45) is 4.52 Å². The number of carbonyl (C=O) groups is 1. The molecule has 0 saturated carbocycles. The number of nitrogens with zero attached hydrogens (tertiary/aromatic N) is 3. The van der Waals surface area contributed by atoms with Gasteiger partial charge in [-0.2, -0.15) is 0 Å². The topological polar surface area (TPSA) is 109 Å². The Bertz CT molecular complexity index is 302. The van der Waals surface area contributed by atoms with Gasteiger partial charge in [-0.25, -0.2) is 8.42 Å². The first-order valence-corrected chi connectivity index (χ1v) is 4.57. The van der Waals surface area contributed by atoms with Crippen molar-refractivity contribution >= 4 is 16.0 Å². The van der Waals surface area contributed by atoms with Gasteiger partial charge >= 0.3 is 5.97 Å². The van der Waals surface area contributed by atoms with Crippen molar-refractivity contribution < 1.29 is 17.9 Å². The number of ether oxygens (including phenoxy) is 1. The highest BCUT2D eigenvalue weighted by Gasteiger charge is 2.14. The number of hydrogen-bond donors (Lipinski definition) is 0. The third-order valence-corrected chi connectivity index (χ3v) is 1.69. The highest BCUT2D eigenvalue weighted by atomic mass is 32.2. The van der Waals surface area contributed by atoms with E-state index in [0.29, 0.717) is 0 Å². The van der Waals surface area contributed by atoms with E-state index < -0.39 is 21.7 Å². The predicted molar refractivity (Wildman–Crippen MR) is 39.6 cm³/mol. The first kappa shape index (κ1) is 10.7. The zero-order valence-corrected chi connectivity index (χ0v) is 7.11. The van der Waals surface area contributed by atoms with E-state index in [1.54, 1.807) is 0 Å². The molecule has 0 rings (SSSR count). The number of sulfonamides is 1. The molecular weight excluding hydrogens is 186 g/mol. The fourth-order valence-corrected chi connectivity index (χ4v) is 0.986. The van der Waals surface area contributed by atoms with E-state index in [9.17, 15) is 13.2 Å². The molecule has 0 aliphatic carbocycles. The molecule has 0 atom stereocenters. The fourth-order valence-electron chi connectivity index (χ4n) is 0.436. The average molecular weight is 193 g/mol. The first-order chi connectivity index (χ1) is 5.52. The third-order valence-electron chi connectivity index (χ3n) is 0.766. The molecule has 68 valence electrons. The zero-order valence-electron chi connectivity index (χ0n) is 6.30. The second-order valence-corrected chi connectivity index (χ2v) is 3.32. The number of rotatable bonds is 4. The molecule has 0 aliphatic heterocycles. The van der Waals surface area contributed by atoms with Crippen LogP contribution < -0.4 is 0 Å². The molecule has 12 heavy (non-hydrogen) atoms. The lowest BCUT2D eigenvalue weighted by Crippen LogP contribution is -2.16. The lowest BCUT2D eigenvalue weighted by molar-refractivity contribution is -0.139. The van der Waals surface area contributed by atoms with Crippen molar-refractivity contribution in [1.82, 2.24) is 0 Å². The van der Waals surface area contributed by atoms with Crippen molar-refractivity contribution in [2.75, 3.05) is 12.4 Å². The van der Waals surface area contributed by atoms with Crippen LogP contribution in [0.4, 0.5) is 0 Å². The highest BCUT2D eigenvalue weighted by Crippen LogP contribution is 1.93. The fraction of sp³-hybridized carbons (Fsp3) is 0.750. The zero-order chi connectivity index (χ0) is 9.61. The van der Waals surface area contributed by atoms with E-state index in [1.807, 2.05) is 4.91 Å². The van der Waals surface area contributed by atoms with E-state index in [0.717, 1.165) is 0 Å². The van der Waals surface area contributed by atoms with Gasteiger partial charge in [0.25, 0.3) is 0 Å². The molecule has 0 N–H and O–H groups in total. The van der Waals surface area contributed by atoms with Gasteiger partial charge in [0.15, 0.2) is 5.75 Å². The van der Waals surface area contributed by atoms with Crippen LogP contribution in [0.3, 0.4) is 0 Å². The molecule has 0 aromatic heterocycles. The standard InChI is InChI=1S/C4H7N3O4S/c1-2-11-4(8)3-12(9,10)7-6-5/h2-3H2,1H3. The summed E-state index contributed by atoms with van der Waals surface area (Å²) in [6.45, 7) is 1.63. The van der Waals surface area contributed by atoms with Gasteiger partial charge in [-0.3, -0.25) is 4.79 Å². The Balaban J connectivity index is 4.26. The van der Waals surface area contributed by atoms with E-state index >= 15 is 0 Å². The number of hydrogen-bond acceptors (Lipinski definition) is 4. The van der Waals surface area contributed by atoms with Crippen LogP contribution in [0.1, 0.15) is 6.92 Å². The Morgan fingerprint density at radius 3 is 2.67 bits per heavy atom. The summed E-state index contributed by atoms with van der Waals surface area (Å²) in [5.41, 5.74) is 7.77. The van der Waals surface area contributed by atoms with Crippen LogP contribution in [0.25, 0.3) is 10.4 Å². The lowest BCUT2D eigenvalue weighted by Gasteiger charge is -1.97. The van der Waals surface area contributed by atoms with Crippen LogP contribution in [0.5, 0.6) is 0 Å². The summed E-state index contributed by atoms with van der Waals surface area (Å²) in [4.78, 5) is 12.6. The first-order valence-electron chi connectivity index (χ1n) is 2.96. The van der Waals surface area contributed by atoms with Gasteiger partial charge in [-0.05, 0) is 12.5 Å². The summed E-state index contributed by atoms with van der Waals surface area (Å²) >= 11 is 0. The number of esters is 1. The average Bonchev–Trinajstić information content (AvgIpc) is 1.85. The van der Waals surface area contributed by atoms with Crippen LogP contribution >= 0.6 is 0 Å². The maximum atomic E-state index is 10.6. The molecule has 7 nitrogen and oxygen atoms in total. The summed E-state index contributed by atoms with van der Waals surface area (Å²) in [5.74, 6) is -1.84. The van der Waals surface area contributed by atoms with Crippen LogP contribution in [0, 0.1) is 0 Å². The Labute approximate surface area is 69.0 Å². The normalized spacial score (nSPS) is 10.1. The molecule has 0 radical (unpaired) electrons. The maximum absolute atomic E-state index is 10.6. The molecule has 0 saturated heterocycles. The molecule has 0 spiro atoms. The third kappa shape index (κ3) is 4.53. The van der Waals surface area contributed by atoms with Gasteiger partial charge in [0, 0.05) is 9.43 Å². The van der Waals surface area contributed by atoms with Crippen molar-refractivity contribution in [3.63, 3.8) is 0 Å². The molecule has 0 aliphatic rings. The van der Waals surface area contributed by atoms with Crippen LogP contribution in [-0.4, -0.2) is 26.7 Å². The van der Waals surface area contributed by atoms with Crippen molar-refractivity contribution in [2.45, 2.75) is 6.92 Å². The van der Waals surface area contributed by atoms with E-state index in [2.05, 4.69) is 9.26 Å². The summed E-state index contributed by atoms with van der Waals surface area (Å²) < 4.78 is 27.9.